The number of nitrogens with two attached hydrogens (primary N) is 2. The predicted octanol–water partition coefficient (Wildman–Crippen LogP) is -3.13. The number of primary sulfonamides is 2. The van der Waals surface area contributed by atoms with E-state index in [1.54, 1.807) is 0 Å². The molecule has 2 fully saturated rings. The number of methoxy groups -OCH3 is 2. The standard InChI is InChI=1S/C6H14N2O3S.C5H12N2O3S/c1-8-3-5(11-2)6(4-8)12(7,9)10;1-10-4-2-7-3-5(4)11(6,8)9/h5-6H,3-4H2,1-2H3,(H2,7,9,10);4-5,7H,2-3H2,1H3,(H2,6,8,9). The van der Waals surface area contributed by atoms with Gasteiger partial charge in [0.25, 0.3) is 0 Å². The second-order valence-corrected chi connectivity index (χ2v) is 9.25. The molecule has 0 saturated carbocycles. The summed E-state index contributed by atoms with van der Waals surface area (Å²) in [6.07, 6.45) is -0.588. The maximum Gasteiger partial charge on any atom is 0.215 e. The summed E-state index contributed by atoms with van der Waals surface area (Å²) in [5.41, 5.74) is 0. The Morgan fingerprint density at radius 3 is 1.78 bits per heavy atom. The SMILES string of the molecule is COC1CN(C)CC1S(N)(=O)=O.COC1CNCC1S(N)(=O)=O. The van der Waals surface area contributed by atoms with Crippen molar-refractivity contribution in [2.45, 2.75) is 22.7 Å². The lowest BCUT2D eigenvalue weighted by atomic mass is 10.3. The highest BCUT2D eigenvalue weighted by Crippen LogP contribution is 2.16. The molecule has 0 bridgehead atoms. The molecule has 5 N–H and O–H groups in total. The molecule has 0 aromatic carbocycles. The van der Waals surface area contributed by atoms with Crippen LogP contribution >= 0.6 is 0 Å². The highest BCUT2D eigenvalue weighted by Gasteiger charge is 2.38. The molecule has 10 nitrogen and oxygen atoms in total. The van der Waals surface area contributed by atoms with Gasteiger partial charge in [-0.15, -0.1) is 0 Å². The molecule has 2 heterocycles. The Bertz CT molecular complexity index is 581. The molecule has 2 aliphatic heterocycles. The van der Waals surface area contributed by atoms with Crippen LogP contribution in [-0.2, 0) is 29.5 Å². The third kappa shape index (κ3) is 5.90. The van der Waals surface area contributed by atoms with Crippen molar-refractivity contribution >= 4 is 20.0 Å². The van der Waals surface area contributed by atoms with Crippen molar-refractivity contribution in [2.24, 2.45) is 10.3 Å². The summed E-state index contributed by atoms with van der Waals surface area (Å²) in [6.45, 7) is 2.02. The molecule has 2 aliphatic rings. The molecule has 2 rings (SSSR count). The van der Waals surface area contributed by atoms with E-state index >= 15 is 0 Å². The number of likely N-dealkylation sites (N-methyl/N-ethyl adjacent to an activating group) is 1. The molecule has 0 aromatic rings. The highest BCUT2D eigenvalue weighted by molar-refractivity contribution is 7.90. The van der Waals surface area contributed by atoms with Crippen LogP contribution in [0.2, 0.25) is 0 Å². The molecule has 0 aliphatic carbocycles. The number of hydrogen-bond acceptors (Lipinski definition) is 8. The van der Waals surface area contributed by atoms with Crippen molar-refractivity contribution in [1.82, 2.24) is 10.2 Å². The summed E-state index contributed by atoms with van der Waals surface area (Å²) in [5, 5.41) is 11.7. The van der Waals surface area contributed by atoms with Crippen molar-refractivity contribution in [3.8, 4) is 0 Å². The number of ether oxygens (including phenoxy) is 2. The van der Waals surface area contributed by atoms with Gasteiger partial charge in [-0.3, -0.25) is 0 Å². The Hall–Kier alpha value is -0.340. The molecule has 0 spiro atoms. The quantitative estimate of drug-likeness (QED) is 0.466. The van der Waals surface area contributed by atoms with Crippen LogP contribution in [0.25, 0.3) is 0 Å². The Balaban J connectivity index is 0.000000231. The van der Waals surface area contributed by atoms with E-state index in [4.69, 9.17) is 19.8 Å². The molecular formula is C11H26N4O6S2. The third-order valence-electron chi connectivity index (χ3n) is 3.95. The molecule has 12 heteroatoms. The highest BCUT2D eigenvalue weighted by atomic mass is 32.2. The average Bonchev–Trinajstić information content (AvgIpc) is 3.03. The fourth-order valence-electron chi connectivity index (χ4n) is 2.66. The van der Waals surface area contributed by atoms with Gasteiger partial charge in [0.05, 0.1) is 12.2 Å². The van der Waals surface area contributed by atoms with Gasteiger partial charge < -0.3 is 19.7 Å². The number of likely N-dealkylation sites (tertiary alicyclic amines) is 1. The zero-order valence-electron chi connectivity index (χ0n) is 13.5. The van der Waals surface area contributed by atoms with Crippen molar-refractivity contribution in [2.75, 3.05) is 47.4 Å². The van der Waals surface area contributed by atoms with Gasteiger partial charge in [-0.25, -0.2) is 27.1 Å². The lowest BCUT2D eigenvalue weighted by Crippen LogP contribution is -2.38. The second-order valence-electron chi connectivity index (χ2n) is 5.68. The Labute approximate surface area is 137 Å². The van der Waals surface area contributed by atoms with Crippen LogP contribution in [-0.4, -0.2) is 91.9 Å². The van der Waals surface area contributed by atoms with Gasteiger partial charge in [-0.2, -0.15) is 0 Å². The maximum absolute atomic E-state index is 11.0. The minimum absolute atomic E-state index is 0.287. The van der Waals surface area contributed by atoms with E-state index in [0.717, 1.165) is 0 Å². The number of nitrogens with zero attached hydrogens (tertiary/aromatic N) is 1. The predicted molar refractivity (Wildman–Crippen MR) is 85.8 cm³/mol. The van der Waals surface area contributed by atoms with E-state index in [1.165, 1.54) is 14.2 Å². The fourth-order valence-corrected chi connectivity index (χ4v) is 4.72. The average molecular weight is 374 g/mol. The van der Waals surface area contributed by atoms with Crippen molar-refractivity contribution in [1.29, 1.82) is 0 Å². The molecule has 0 amide bonds. The smallest absolute Gasteiger partial charge is 0.215 e. The lowest BCUT2D eigenvalue weighted by Gasteiger charge is -2.13. The summed E-state index contributed by atoms with van der Waals surface area (Å²) < 4.78 is 53.7. The zero-order valence-corrected chi connectivity index (χ0v) is 15.1. The van der Waals surface area contributed by atoms with Crippen LogP contribution in [0.4, 0.5) is 0 Å². The summed E-state index contributed by atoms with van der Waals surface area (Å²) in [4.78, 5) is 1.89. The Morgan fingerprint density at radius 2 is 1.43 bits per heavy atom. The minimum atomic E-state index is -3.46. The van der Waals surface area contributed by atoms with Crippen LogP contribution in [0.3, 0.4) is 0 Å². The van der Waals surface area contributed by atoms with E-state index in [9.17, 15) is 16.8 Å². The molecule has 4 atom stereocenters. The van der Waals surface area contributed by atoms with E-state index in [-0.39, 0.29) is 12.2 Å². The molecule has 23 heavy (non-hydrogen) atoms. The number of nitrogens with one attached hydrogen (secondary N) is 1. The molecule has 0 radical (unpaired) electrons. The van der Waals surface area contributed by atoms with Gasteiger partial charge in [0.2, 0.25) is 20.0 Å². The number of sulfonamides is 2. The minimum Gasteiger partial charge on any atom is -0.379 e. The van der Waals surface area contributed by atoms with Gasteiger partial charge in [0.1, 0.15) is 10.5 Å². The first kappa shape index (κ1) is 20.7. The molecule has 4 unspecified atom stereocenters. The van der Waals surface area contributed by atoms with Gasteiger partial charge in [-0.05, 0) is 7.05 Å². The molecular weight excluding hydrogens is 348 g/mol. The topological polar surface area (TPSA) is 154 Å². The third-order valence-corrected chi connectivity index (χ3v) is 6.56. The van der Waals surface area contributed by atoms with Gasteiger partial charge in [-0.1, -0.05) is 0 Å². The maximum atomic E-state index is 11.0. The van der Waals surface area contributed by atoms with E-state index < -0.39 is 30.5 Å². The summed E-state index contributed by atoms with van der Waals surface area (Å²) >= 11 is 0. The number of hydrogen-bond donors (Lipinski definition) is 3. The van der Waals surface area contributed by atoms with Gasteiger partial charge >= 0.3 is 0 Å². The molecule has 138 valence electrons. The first-order chi connectivity index (χ1) is 10.5. The van der Waals surface area contributed by atoms with E-state index in [1.807, 2.05) is 11.9 Å². The normalized spacial score (nSPS) is 32.6. The van der Waals surface area contributed by atoms with Crippen LogP contribution < -0.4 is 15.6 Å². The van der Waals surface area contributed by atoms with Crippen LogP contribution in [0.1, 0.15) is 0 Å². The largest absolute Gasteiger partial charge is 0.379 e. The summed E-state index contributed by atoms with van der Waals surface area (Å²) in [7, 11) is -2.09. The van der Waals surface area contributed by atoms with E-state index in [2.05, 4.69) is 5.32 Å². The molecule has 0 aromatic heterocycles. The van der Waals surface area contributed by atoms with Crippen molar-refractivity contribution in [3.05, 3.63) is 0 Å². The second kappa shape index (κ2) is 8.16. The Morgan fingerprint density at radius 1 is 0.913 bits per heavy atom. The Kier molecular flexibility index (Phi) is 7.35. The van der Waals surface area contributed by atoms with E-state index in [0.29, 0.717) is 26.2 Å². The van der Waals surface area contributed by atoms with Crippen molar-refractivity contribution in [3.63, 3.8) is 0 Å². The summed E-state index contributed by atoms with van der Waals surface area (Å²) in [6, 6.07) is 0. The number of rotatable bonds is 4. The van der Waals surface area contributed by atoms with Crippen molar-refractivity contribution < 1.29 is 26.3 Å². The monoisotopic (exact) mass is 374 g/mol. The van der Waals surface area contributed by atoms with Gasteiger partial charge in [0, 0.05) is 40.4 Å². The lowest BCUT2D eigenvalue weighted by molar-refractivity contribution is 0.112. The zero-order chi connectivity index (χ0) is 17.8. The van der Waals surface area contributed by atoms with Crippen LogP contribution in [0.5, 0.6) is 0 Å². The fraction of sp³-hybridized carbons (Fsp3) is 1.00. The van der Waals surface area contributed by atoms with Crippen LogP contribution in [0.15, 0.2) is 0 Å². The summed E-state index contributed by atoms with van der Waals surface area (Å²) in [5.74, 6) is 0. The molecule has 2 saturated heterocycles. The van der Waals surface area contributed by atoms with Gasteiger partial charge in [0.15, 0.2) is 0 Å². The first-order valence-electron chi connectivity index (χ1n) is 6.98. The first-order valence-corrected chi connectivity index (χ1v) is 10.2. The van der Waals surface area contributed by atoms with Crippen LogP contribution in [0, 0.1) is 0 Å².